The quantitative estimate of drug-likeness (QED) is 0.537. The Labute approximate surface area is 158 Å². The summed E-state index contributed by atoms with van der Waals surface area (Å²) in [6.45, 7) is 1.55. The van der Waals surface area contributed by atoms with Crippen LogP contribution in [0.25, 0.3) is 0 Å². The Morgan fingerprint density at radius 2 is 1.64 bits per heavy atom. The van der Waals surface area contributed by atoms with Gasteiger partial charge in [-0.15, -0.1) is 0 Å². The van der Waals surface area contributed by atoms with Crippen LogP contribution in [-0.4, -0.2) is 16.5 Å². The predicted octanol–water partition coefficient (Wildman–Crippen LogP) is 4.21. The van der Waals surface area contributed by atoms with Gasteiger partial charge in [0.05, 0.1) is 0 Å². The van der Waals surface area contributed by atoms with Gasteiger partial charge in [0.25, 0.3) is 11.9 Å². The van der Waals surface area contributed by atoms with Crippen molar-refractivity contribution >= 4 is 11.5 Å². The molecule has 0 unspecified atom stereocenters. The number of hydrogen-bond donors (Lipinski definition) is 1. The van der Waals surface area contributed by atoms with E-state index in [-0.39, 0.29) is 6.54 Å². The van der Waals surface area contributed by atoms with Crippen molar-refractivity contribution in [2.45, 2.75) is 19.5 Å². The third kappa shape index (κ3) is 3.49. The highest BCUT2D eigenvalue weighted by Gasteiger charge is 2.21. The van der Waals surface area contributed by atoms with Crippen LogP contribution in [0.4, 0.5) is 29.1 Å². The Morgan fingerprint density at radius 1 is 0.929 bits per heavy atom. The monoisotopic (exact) mass is 388 g/mol. The fraction of sp³-hybridized carbons (Fsp3) is 0.200. The summed E-state index contributed by atoms with van der Waals surface area (Å²) >= 11 is 0. The van der Waals surface area contributed by atoms with E-state index >= 15 is 0 Å². The summed E-state index contributed by atoms with van der Waals surface area (Å²) in [4.78, 5) is 9.08. The molecule has 0 saturated heterocycles. The van der Waals surface area contributed by atoms with Crippen LogP contribution in [0, 0.1) is 23.5 Å². The lowest BCUT2D eigenvalue weighted by atomic mass is 10.00. The Kier molecular flexibility index (Phi) is 4.85. The second-order valence-electron chi connectivity index (χ2n) is 6.51. The zero-order valence-electron chi connectivity index (χ0n) is 14.7. The first-order valence-electron chi connectivity index (χ1n) is 8.73. The van der Waals surface area contributed by atoms with Crippen LogP contribution in [0.1, 0.15) is 16.7 Å². The van der Waals surface area contributed by atoms with E-state index in [0.717, 1.165) is 25.3 Å². The summed E-state index contributed by atoms with van der Waals surface area (Å²) in [5.41, 5.74) is 2.31. The van der Waals surface area contributed by atoms with Gasteiger partial charge in [-0.1, -0.05) is 30.3 Å². The largest absolute Gasteiger partial charge is 0.376 e. The molecular weight excluding hydrogens is 372 g/mol. The Hall–Kier alpha value is -3.16. The summed E-state index contributed by atoms with van der Waals surface area (Å²) in [5, 5.41) is 2.37. The molecule has 0 aliphatic carbocycles. The zero-order chi connectivity index (χ0) is 19.7. The molecule has 0 bridgehead atoms. The normalized spacial score (nSPS) is 13.4. The van der Waals surface area contributed by atoms with Crippen LogP contribution in [0.2, 0.25) is 0 Å². The number of anilines is 2. The molecule has 1 aliphatic heterocycles. The molecule has 2 aromatic heterocycles. The minimum Gasteiger partial charge on any atom is -0.376 e. The molecular formula is C20H16F4N4. The van der Waals surface area contributed by atoms with Crippen LogP contribution in [0.3, 0.4) is 0 Å². The maximum atomic E-state index is 13.6. The highest BCUT2D eigenvalue weighted by molar-refractivity contribution is 5.47. The number of halogens is 4. The molecule has 1 N–H and O–H groups in total. The standard InChI is InChI=1S/C20H16F4N4/c21-16-18(17(22)20(24)27-19(16)23)26-10-12-5-6-15(25-9-12)28-8-7-13-3-1-2-4-14(13)11-28/h1-6,9H,7-8,10-11H2,(H,26,27). The summed E-state index contributed by atoms with van der Waals surface area (Å²) in [6.07, 6.45) is 2.49. The molecule has 1 aliphatic rings. The van der Waals surface area contributed by atoms with Crippen LogP contribution in [0.5, 0.6) is 0 Å². The molecule has 8 heteroatoms. The lowest BCUT2D eigenvalue weighted by Gasteiger charge is -2.29. The van der Waals surface area contributed by atoms with E-state index < -0.39 is 29.2 Å². The van der Waals surface area contributed by atoms with Crippen molar-refractivity contribution in [2.75, 3.05) is 16.8 Å². The highest BCUT2D eigenvalue weighted by atomic mass is 19.2. The van der Waals surface area contributed by atoms with Crippen molar-refractivity contribution in [1.82, 2.24) is 9.97 Å². The summed E-state index contributed by atoms with van der Waals surface area (Å²) in [6, 6.07) is 11.8. The van der Waals surface area contributed by atoms with E-state index in [9.17, 15) is 17.6 Å². The van der Waals surface area contributed by atoms with Crippen molar-refractivity contribution < 1.29 is 17.6 Å². The SMILES string of the molecule is Fc1nc(F)c(F)c(NCc2ccc(N3CCc4ccccc4C3)nc2)c1F. The van der Waals surface area contributed by atoms with Gasteiger partial charge in [0.15, 0.2) is 0 Å². The molecule has 0 radical (unpaired) electrons. The number of nitrogens with one attached hydrogen (secondary N) is 1. The molecule has 144 valence electrons. The number of rotatable bonds is 4. The van der Waals surface area contributed by atoms with Crippen LogP contribution >= 0.6 is 0 Å². The van der Waals surface area contributed by atoms with Gasteiger partial charge < -0.3 is 10.2 Å². The molecule has 0 atom stereocenters. The van der Waals surface area contributed by atoms with E-state index in [1.807, 2.05) is 18.2 Å². The number of benzene rings is 1. The van der Waals surface area contributed by atoms with Gasteiger partial charge in [-0.3, -0.25) is 0 Å². The molecule has 4 nitrogen and oxygen atoms in total. The fourth-order valence-electron chi connectivity index (χ4n) is 3.23. The second kappa shape index (κ2) is 7.46. The van der Waals surface area contributed by atoms with Crippen molar-refractivity contribution in [3.8, 4) is 0 Å². The van der Waals surface area contributed by atoms with E-state index in [1.54, 1.807) is 12.3 Å². The van der Waals surface area contributed by atoms with Crippen molar-refractivity contribution in [3.63, 3.8) is 0 Å². The van der Waals surface area contributed by atoms with Gasteiger partial charge in [0.1, 0.15) is 11.5 Å². The first kappa shape index (κ1) is 18.2. The Balaban J connectivity index is 1.45. The Morgan fingerprint density at radius 3 is 2.32 bits per heavy atom. The average Bonchev–Trinajstić information content (AvgIpc) is 2.72. The lowest BCUT2D eigenvalue weighted by Crippen LogP contribution is -2.30. The summed E-state index contributed by atoms with van der Waals surface area (Å²) in [5.74, 6) is -5.72. The van der Waals surface area contributed by atoms with Gasteiger partial charge >= 0.3 is 0 Å². The molecule has 0 fully saturated rings. The van der Waals surface area contributed by atoms with Crippen LogP contribution < -0.4 is 10.2 Å². The third-order valence-corrected chi connectivity index (χ3v) is 4.73. The first-order valence-corrected chi connectivity index (χ1v) is 8.73. The minimum atomic E-state index is -1.69. The highest BCUT2D eigenvalue weighted by Crippen LogP contribution is 2.24. The van der Waals surface area contributed by atoms with Gasteiger partial charge in [0.2, 0.25) is 11.6 Å². The van der Waals surface area contributed by atoms with Crippen molar-refractivity contribution in [2.24, 2.45) is 0 Å². The number of pyridine rings is 2. The number of aromatic nitrogens is 2. The molecule has 28 heavy (non-hydrogen) atoms. The van der Waals surface area contributed by atoms with Crippen molar-refractivity contribution in [1.29, 1.82) is 0 Å². The summed E-state index contributed by atoms with van der Waals surface area (Å²) < 4.78 is 53.6. The van der Waals surface area contributed by atoms with Gasteiger partial charge in [-0.25, -0.2) is 4.98 Å². The fourth-order valence-corrected chi connectivity index (χ4v) is 3.23. The molecule has 3 heterocycles. The van der Waals surface area contributed by atoms with Gasteiger partial charge in [-0.2, -0.15) is 22.5 Å². The molecule has 0 amide bonds. The van der Waals surface area contributed by atoms with Crippen LogP contribution in [-0.2, 0) is 19.5 Å². The number of hydrogen-bond acceptors (Lipinski definition) is 4. The third-order valence-electron chi connectivity index (χ3n) is 4.73. The van der Waals surface area contributed by atoms with E-state index in [4.69, 9.17) is 0 Å². The topological polar surface area (TPSA) is 41.1 Å². The molecule has 1 aromatic carbocycles. The van der Waals surface area contributed by atoms with Crippen LogP contribution in [0.15, 0.2) is 42.6 Å². The smallest absolute Gasteiger partial charge is 0.253 e. The molecule has 3 aromatic rings. The first-order chi connectivity index (χ1) is 13.5. The molecule has 4 rings (SSSR count). The van der Waals surface area contributed by atoms with Gasteiger partial charge in [0, 0.05) is 25.8 Å². The zero-order valence-corrected chi connectivity index (χ0v) is 14.7. The molecule has 0 spiro atoms. The van der Waals surface area contributed by atoms with Crippen molar-refractivity contribution in [3.05, 3.63) is 82.8 Å². The lowest BCUT2D eigenvalue weighted by molar-refractivity contribution is 0.410. The maximum absolute atomic E-state index is 13.6. The van der Waals surface area contributed by atoms with E-state index in [2.05, 4.69) is 32.3 Å². The average molecular weight is 388 g/mol. The number of fused-ring (bicyclic) bond motifs is 1. The predicted molar refractivity (Wildman–Crippen MR) is 96.8 cm³/mol. The number of nitrogens with zero attached hydrogens (tertiary/aromatic N) is 3. The van der Waals surface area contributed by atoms with E-state index in [0.29, 0.717) is 5.56 Å². The van der Waals surface area contributed by atoms with Gasteiger partial charge in [-0.05, 0) is 29.2 Å². The molecule has 0 saturated carbocycles. The second-order valence-corrected chi connectivity index (χ2v) is 6.51. The maximum Gasteiger partial charge on any atom is 0.253 e. The van der Waals surface area contributed by atoms with E-state index in [1.165, 1.54) is 11.1 Å². The summed E-state index contributed by atoms with van der Waals surface area (Å²) in [7, 11) is 0. The Bertz CT molecular complexity index is 982. The minimum absolute atomic E-state index is 0.0488.